The molecule has 0 saturated carbocycles. The monoisotopic (exact) mass is 308 g/mol. The maximum absolute atomic E-state index is 5.91. The minimum Gasteiger partial charge on any atom is -0.497 e. The molecule has 0 N–H and O–H groups in total. The number of thioether (sulfide) groups is 1. The van der Waals surface area contributed by atoms with E-state index in [4.69, 9.17) is 21.1 Å². The van der Waals surface area contributed by atoms with Crippen LogP contribution in [0.5, 0.6) is 11.5 Å². The molecule has 2 aromatic rings. The smallest absolute Gasteiger partial charge is 0.127 e. The first-order valence-corrected chi connectivity index (χ1v) is 7.89. The molecule has 20 heavy (non-hydrogen) atoms. The number of ether oxygens (including phenoxy) is 2. The Labute approximate surface area is 129 Å². The van der Waals surface area contributed by atoms with Crippen molar-refractivity contribution < 1.29 is 9.47 Å². The van der Waals surface area contributed by atoms with Gasteiger partial charge in [-0.1, -0.05) is 24.3 Å². The number of hydrogen-bond donors (Lipinski definition) is 0. The first kappa shape index (κ1) is 15.1. The van der Waals surface area contributed by atoms with Gasteiger partial charge in [0.25, 0.3) is 0 Å². The topological polar surface area (TPSA) is 18.5 Å². The molecular weight excluding hydrogens is 292 g/mol. The first-order chi connectivity index (χ1) is 9.83. The summed E-state index contributed by atoms with van der Waals surface area (Å²) in [5.41, 5.74) is 0.983. The summed E-state index contributed by atoms with van der Waals surface area (Å²) in [6.45, 7) is 0.636. The minimum absolute atomic E-state index is 0.436. The predicted octanol–water partition coefficient (Wildman–Crippen LogP) is 4.61. The number of halogens is 1. The Morgan fingerprint density at radius 1 is 1.10 bits per heavy atom. The Bertz CT molecular complexity index is 531. The van der Waals surface area contributed by atoms with Gasteiger partial charge in [-0.2, -0.15) is 0 Å². The molecule has 0 fully saturated rings. The Hall–Kier alpha value is -1.32. The molecule has 0 unspecified atom stereocenters. The van der Waals surface area contributed by atoms with Gasteiger partial charge >= 0.3 is 0 Å². The predicted molar refractivity (Wildman–Crippen MR) is 85.2 cm³/mol. The summed E-state index contributed by atoms with van der Waals surface area (Å²) in [6.07, 6.45) is 0. The molecule has 0 saturated heterocycles. The zero-order valence-electron chi connectivity index (χ0n) is 11.3. The Morgan fingerprint density at radius 3 is 2.60 bits per heavy atom. The summed E-state index contributed by atoms with van der Waals surface area (Å²) in [7, 11) is 1.64. The summed E-state index contributed by atoms with van der Waals surface area (Å²) in [5, 5.41) is 0. The number of rotatable bonds is 7. The van der Waals surface area contributed by atoms with Crippen molar-refractivity contribution in [2.24, 2.45) is 0 Å². The molecule has 4 heteroatoms. The van der Waals surface area contributed by atoms with Crippen LogP contribution in [0.15, 0.2) is 53.4 Å². The first-order valence-electron chi connectivity index (χ1n) is 6.37. The van der Waals surface area contributed by atoms with Gasteiger partial charge in [-0.05, 0) is 18.2 Å². The molecule has 106 valence electrons. The Kier molecular flexibility index (Phi) is 6.09. The van der Waals surface area contributed by atoms with Crippen LogP contribution in [0.4, 0.5) is 0 Å². The highest BCUT2D eigenvalue weighted by Crippen LogP contribution is 2.26. The van der Waals surface area contributed by atoms with Crippen LogP contribution in [-0.2, 0) is 5.88 Å². The average molecular weight is 309 g/mol. The summed E-state index contributed by atoms with van der Waals surface area (Å²) in [4.78, 5) is 1.25. The molecule has 0 aliphatic heterocycles. The van der Waals surface area contributed by atoms with Crippen LogP contribution in [0.2, 0.25) is 0 Å². The molecule has 0 bridgehead atoms. The van der Waals surface area contributed by atoms with Crippen molar-refractivity contribution in [3.05, 3.63) is 54.1 Å². The molecule has 0 radical (unpaired) electrons. The fraction of sp³-hybridized carbons (Fsp3) is 0.250. The van der Waals surface area contributed by atoms with E-state index in [0.29, 0.717) is 12.5 Å². The summed E-state index contributed by atoms with van der Waals surface area (Å²) in [6, 6.07) is 16.0. The Balaban J connectivity index is 1.87. The highest BCUT2D eigenvalue weighted by Gasteiger charge is 2.05. The zero-order valence-corrected chi connectivity index (χ0v) is 12.9. The van der Waals surface area contributed by atoms with Crippen LogP contribution in [0.25, 0.3) is 0 Å². The maximum Gasteiger partial charge on any atom is 0.127 e. The minimum atomic E-state index is 0.436. The number of hydrogen-bond acceptors (Lipinski definition) is 3. The van der Waals surface area contributed by atoms with E-state index in [1.54, 1.807) is 18.9 Å². The lowest BCUT2D eigenvalue weighted by Gasteiger charge is -2.11. The second kappa shape index (κ2) is 8.08. The van der Waals surface area contributed by atoms with Gasteiger partial charge in [0, 0.05) is 22.3 Å². The van der Waals surface area contributed by atoms with Crippen molar-refractivity contribution in [3.8, 4) is 11.5 Å². The molecule has 2 rings (SSSR count). The highest BCUT2D eigenvalue weighted by molar-refractivity contribution is 7.99. The largest absolute Gasteiger partial charge is 0.497 e. The van der Waals surface area contributed by atoms with Gasteiger partial charge in [-0.15, -0.1) is 23.4 Å². The van der Waals surface area contributed by atoms with Crippen LogP contribution in [0.3, 0.4) is 0 Å². The van der Waals surface area contributed by atoms with Crippen LogP contribution in [-0.4, -0.2) is 19.5 Å². The van der Waals surface area contributed by atoms with Crippen LogP contribution in [0.1, 0.15) is 5.56 Å². The molecule has 0 heterocycles. The Morgan fingerprint density at radius 2 is 1.90 bits per heavy atom. The van der Waals surface area contributed by atoms with Crippen LogP contribution < -0.4 is 9.47 Å². The van der Waals surface area contributed by atoms with Gasteiger partial charge in [0.15, 0.2) is 0 Å². The molecule has 0 atom stereocenters. The van der Waals surface area contributed by atoms with E-state index in [-0.39, 0.29) is 0 Å². The van der Waals surface area contributed by atoms with Crippen molar-refractivity contribution in [2.75, 3.05) is 19.5 Å². The molecule has 2 aromatic carbocycles. The van der Waals surface area contributed by atoms with E-state index in [9.17, 15) is 0 Å². The third kappa shape index (κ3) is 4.36. The van der Waals surface area contributed by atoms with E-state index >= 15 is 0 Å². The van der Waals surface area contributed by atoms with Crippen molar-refractivity contribution in [1.82, 2.24) is 0 Å². The lowest BCUT2D eigenvalue weighted by Crippen LogP contribution is -2.02. The van der Waals surface area contributed by atoms with Crippen LogP contribution >= 0.6 is 23.4 Å². The lowest BCUT2D eigenvalue weighted by atomic mass is 10.2. The van der Waals surface area contributed by atoms with Gasteiger partial charge in [-0.3, -0.25) is 0 Å². The maximum atomic E-state index is 5.91. The van der Waals surface area contributed by atoms with E-state index < -0.39 is 0 Å². The molecular formula is C16H17ClO2S. The molecule has 0 amide bonds. The van der Waals surface area contributed by atoms with Crippen molar-refractivity contribution in [3.63, 3.8) is 0 Å². The number of methoxy groups -OCH3 is 1. The number of alkyl halides is 1. The van der Waals surface area contributed by atoms with E-state index in [1.807, 2.05) is 36.4 Å². The van der Waals surface area contributed by atoms with Gasteiger partial charge < -0.3 is 9.47 Å². The SMILES string of the molecule is COc1ccc(CCl)c(OCCSc2ccccc2)c1. The standard InChI is InChI=1S/C16H17ClO2S/c1-18-14-8-7-13(12-17)16(11-14)19-9-10-20-15-5-3-2-4-6-15/h2-8,11H,9-10,12H2,1H3. The third-order valence-electron chi connectivity index (χ3n) is 2.77. The van der Waals surface area contributed by atoms with Gasteiger partial charge in [0.05, 0.1) is 19.6 Å². The molecule has 0 aliphatic rings. The zero-order chi connectivity index (χ0) is 14.2. The van der Waals surface area contributed by atoms with Gasteiger partial charge in [0.1, 0.15) is 11.5 Å². The van der Waals surface area contributed by atoms with E-state index in [2.05, 4.69) is 12.1 Å². The normalized spacial score (nSPS) is 10.3. The molecule has 0 aliphatic carbocycles. The third-order valence-corrected chi connectivity index (χ3v) is 4.04. The lowest BCUT2D eigenvalue weighted by molar-refractivity contribution is 0.337. The summed E-state index contributed by atoms with van der Waals surface area (Å²) >= 11 is 7.68. The van der Waals surface area contributed by atoms with Crippen LogP contribution in [0, 0.1) is 0 Å². The quantitative estimate of drug-likeness (QED) is 0.423. The second-order valence-corrected chi connectivity index (χ2v) is 5.55. The van der Waals surface area contributed by atoms with E-state index in [1.165, 1.54) is 4.90 Å². The van der Waals surface area contributed by atoms with Crippen molar-refractivity contribution >= 4 is 23.4 Å². The highest BCUT2D eigenvalue weighted by atomic mass is 35.5. The summed E-state index contributed by atoms with van der Waals surface area (Å²) < 4.78 is 11.0. The molecule has 0 aromatic heterocycles. The molecule has 0 spiro atoms. The van der Waals surface area contributed by atoms with Gasteiger partial charge in [-0.25, -0.2) is 0 Å². The molecule has 2 nitrogen and oxygen atoms in total. The van der Waals surface area contributed by atoms with Gasteiger partial charge in [0.2, 0.25) is 0 Å². The fourth-order valence-corrected chi connectivity index (χ4v) is 2.71. The number of benzene rings is 2. The second-order valence-electron chi connectivity index (χ2n) is 4.12. The summed E-state index contributed by atoms with van der Waals surface area (Å²) in [5.74, 6) is 2.91. The van der Waals surface area contributed by atoms with Crippen molar-refractivity contribution in [2.45, 2.75) is 10.8 Å². The van der Waals surface area contributed by atoms with E-state index in [0.717, 1.165) is 22.8 Å². The fourth-order valence-electron chi connectivity index (χ4n) is 1.73. The average Bonchev–Trinajstić information content (AvgIpc) is 2.52. The van der Waals surface area contributed by atoms with Crippen molar-refractivity contribution in [1.29, 1.82) is 0 Å².